The maximum absolute atomic E-state index is 6.10. The van der Waals surface area contributed by atoms with E-state index in [1.165, 1.54) is 61.0 Å². The fourth-order valence-corrected chi connectivity index (χ4v) is 3.22. The molecule has 0 aliphatic carbocycles. The minimum atomic E-state index is 0.400. The lowest BCUT2D eigenvalue weighted by Crippen LogP contribution is -2.35. The summed E-state index contributed by atoms with van der Waals surface area (Å²) in [7, 11) is 0. The van der Waals surface area contributed by atoms with Gasteiger partial charge in [-0.25, -0.2) is 0 Å². The van der Waals surface area contributed by atoms with Gasteiger partial charge in [0.1, 0.15) is 0 Å². The molecule has 106 valence electrons. The molecule has 1 atom stereocenters. The Morgan fingerprint density at radius 3 is 2.11 bits per heavy atom. The van der Waals surface area contributed by atoms with Crippen molar-refractivity contribution >= 4 is 0 Å². The monoisotopic (exact) mass is 260 g/mol. The van der Waals surface area contributed by atoms with Crippen LogP contribution in [0.15, 0.2) is 12.1 Å². The standard InChI is InChI=1S/C17H28N2/c1-13-10-15(3)16(11-14(13)2)17(12-18)19-8-6-4-5-7-9-19/h10-11,17H,4-9,12,18H2,1-3H3. The number of rotatable bonds is 3. The third-order valence-corrected chi connectivity index (χ3v) is 4.55. The molecule has 2 N–H and O–H groups in total. The van der Waals surface area contributed by atoms with E-state index in [-0.39, 0.29) is 0 Å². The lowest BCUT2D eigenvalue weighted by molar-refractivity contribution is 0.209. The number of hydrogen-bond donors (Lipinski definition) is 1. The molecule has 0 saturated carbocycles. The molecular formula is C17H28N2. The van der Waals surface area contributed by atoms with Gasteiger partial charge in [0.25, 0.3) is 0 Å². The highest BCUT2D eigenvalue weighted by molar-refractivity contribution is 5.38. The third kappa shape index (κ3) is 3.37. The van der Waals surface area contributed by atoms with Gasteiger partial charge in [-0.1, -0.05) is 25.0 Å². The van der Waals surface area contributed by atoms with Crippen LogP contribution in [-0.4, -0.2) is 24.5 Å². The van der Waals surface area contributed by atoms with Crippen LogP contribution in [0, 0.1) is 20.8 Å². The molecule has 1 aromatic carbocycles. The minimum absolute atomic E-state index is 0.400. The molecule has 0 radical (unpaired) electrons. The first kappa shape index (κ1) is 14.5. The van der Waals surface area contributed by atoms with Crippen molar-refractivity contribution in [2.75, 3.05) is 19.6 Å². The number of nitrogens with two attached hydrogens (primary N) is 1. The molecule has 2 rings (SSSR count). The van der Waals surface area contributed by atoms with Crippen molar-refractivity contribution in [3.63, 3.8) is 0 Å². The molecule has 19 heavy (non-hydrogen) atoms. The zero-order chi connectivity index (χ0) is 13.8. The van der Waals surface area contributed by atoms with Crippen molar-refractivity contribution in [3.05, 3.63) is 34.4 Å². The Morgan fingerprint density at radius 2 is 1.53 bits per heavy atom. The Balaban J connectivity index is 2.27. The smallest absolute Gasteiger partial charge is 0.0473 e. The van der Waals surface area contributed by atoms with Crippen molar-refractivity contribution in [2.24, 2.45) is 5.73 Å². The van der Waals surface area contributed by atoms with Gasteiger partial charge in [-0.3, -0.25) is 4.90 Å². The van der Waals surface area contributed by atoms with E-state index in [2.05, 4.69) is 37.8 Å². The van der Waals surface area contributed by atoms with Crippen LogP contribution in [0.1, 0.15) is 54.0 Å². The third-order valence-electron chi connectivity index (χ3n) is 4.55. The molecule has 2 nitrogen and oxygen atoms in total. The van der Waals surface area contributed by atoms with E-state index < -0.39 is 0 Å². The summed E-state index contributed by atoms with van der Waals surface area (Å²) in [5, 5.41) is 0. The van der Waals surface area contributed by atoms with Gasteiger partial charge in [-0.05, 0) is 69.0 Å². The van der Waals surface area contributed by atoms with Gasteiger partial charge < -0.3 is 5.73 Å². The van der Waals surface area contributed by atoms with Crippen molar-refractivity contribution < 1.29 is 0 Å². The van der Waals surface area contributed by atoms with E-state index in [1.54, 1.807) is 0 Å². The Kier molecular flexibility index (Phi) is 5.00. The summed E-state index contributed by atoms with van der Waals surface area (Å²) in [4.78, 5) is 2.60. The maximum Gasteiger partial charge on any atom is 0.0473 e. The van der Waals surface area contributed by atoms with Crippen LogP contribution in [0.4, 0.5) is 0 Å². The molecule has 1 heterocycles. The predicted molar refractivity (Wildman–Crippen MR) is 82.5 cm³/mol. The zero-order valence-electron chi connectivity index (χ0n) is 12.7. The Bertz CT molecular complexity index is 418. The second kappa shape index (κ2) is 6.53. The van der Waals surface area contributed by atoms with Crippen LogP contribution in [0.25, 0.3) is 0 Å². The van der Waals surface area contributed by atoms with Crippen LogP contribution >= 0.6 is 0 Å². The molecule has 1 fully saturated rings. The molecule has 0 aromatic heterocycles. The van der Waals surface area contributed by atoms with E-state index in [1.807, 2.05) is 0 Å². The molecule has 1 aliphatic heterocycles. The maximum atomic E-state index is 6.10. The fraction of sp³-hybridized carbons (Fsp3) is 0.647. The quantitative estimate of drug-likeness (QED) is 0.901. The van der Waals surface area contributed by atoms with Crippen LogP contribution < -0.4 is 5.73 Å². The first-order chi connectivity index (χ1) is 9.13. The first-order valence-corrected chi connectivity index (χ1v) is 7.65. The van der Waals surface area contributed by atoms with Gasteiger partial charge in [0, 0.05) is 12.6 Å². The van der Waals surface area contributed by atoms with Crippen molar-refractivity contribution in [3.8, 4) is 0 Å². The zero-order valence-corrected chi connectivity index (χ0v) is 12.7. The summed E-state index contributed by atoms with van der Waals surface area (Å²) < 4.78 is 0. The Labute approximate surface area is 118 Å². The Hall–Kier alpha value is -0.860. The highest BCUT2D eigenvalue weighted by atomic mass is 15.2. The summed E-state index contributed by atoms with van der Waals surface area (Å²) in [6.07, 6.45) is 5.39. The average Bonchev–Trinajstić information content (AvgIpc) is 2.65. The van der Waals surface area contributed by atoms with E-state index in [4.69, 9.17) is 5.73 Å². The number of likely N-dealkylation sites (tertiary alicyclic amines) is 1. The minimum Gasteiger partial charge on any atom is -0.329 e. The van der Waals surface area contributed by atoms with Gasteiger partial charge in [-0.2, -0.15) is 0 Å². The number of hydrogen-bond acceptors (Lipinski definition) is 2. The highest BCUT2D eigenvalue weighted by Gasteiger charge is 2.21. The molecule has 1 saturated heterocycles. The largest absolute Gasteiger partial charge is 0.329 e. The summed E-state index contributed by atoms with van der Waals surface area (Å²) in [5.41, 5.74) is 11.7. The SMILES string of the molecule is Cc1cc(C)c(C(CN)N2CCCCCC2)cc1C. The number of benzene rings is 1. The lowest BCUT2D eigenvalue weighted by Gasteiger charge is -2.31. The second-order valence-electron chi connectivity index (χ2n) is 5.99. The van der Waals surface area contributed by atoms with Gasteiger partial charge in [0.15, 0.2) is 0 Å². The highest BCUT2D eigenvalue weighted by Crippen LogP contribution is 2.27. The topological polar surface area (TPSA) is 29.3 Å². The normalized spacial score (nSPS) is 19.2. The predicted octanol–water partition coefficient (Wildman–Crippen LogP) is 3.49. The van der Waals surface area contributed by atoms with Crippen LogP contribution in [-0.2, 0) is 0 Å². The molecule has 1 aromatic rings. The van der Waals surface area contributed by atoms with E-state index in [9.17, 15) is 0 Å². The van der Waals surface area contributed by atoms with Crippen LogP contribution in [0.2, 0.25) is 0 Å². The summed E-state index contributed by atoms with van der Waals surface area (Å²) >= 11 is 0. The number of aryl methyl sites for hydroxylation is 3. The van der Waals surface area contributed by atoms with E-state index in [0.717, 1.165) is 6.54 Å². The molecule has 0 spiro atoms. The second-order valence-corrected chi connectivity index (χ2v) is 5.99. The van der Waals surface area contributed by atoms with Crippen molar-refractivity contribution in [1.29, 1.82) is 0 Å². The Morgan fingerprint density at radius 1 is 0.947 bits per heavy atom. The summed E-state index contributed by atoms with van der Waals surface area (Å²) in [6, 6.07) is 5.07. The summed E-state index contributed by atoms with van der Waals surface area (Å²) in [6.45, 7) is 9.75. The van der Waals surface area contributed by atoms with Gasteiger partial charge >= 0.3 is 0 Å². The number of nitrogens with zero attached hydrogens (tertiary/aromatic N) is 1. The van der Waals surface area contributed by atoms with Crippen LogP contribution in [0.5, 0.6) is 0 Å². The van der Waals surface area contributed by atoms with Crippen molar-refractivity contribution in [2.45, 2.75) is 52.5 Å². The lowest BCUT2D eigenvalue weighted by atomic mass is 9.94. The van der Waals surface area contributed by atoms with Crippen molar-refractivity contribution in [1.82, 2.24) is 4.90 Å². The average molecular weight is 260 g/mol. The molecular weight excluding hydrogens is 232 g/mol. The van der Waals surface area contributed by atoms with Gasteiger partial charge in [0.05, 0.1) is 0 Å². The van der Waals surface area contributed by atoms with E-state index >= 15 is 0 Å². The first-order valence-electron chi connectivity index (χ1n) is 7.65. The molecule has 0 bridgehead atoms. The fourth-order valence-electron chi connectivity index (χ4n) is 3.22. The molecule has 1 aliphatic rings. The molecule has 2 heteroatoms. The molecule has 1 unspecified atom stereocenters. The van der Waals surface area contributed by atoms with Crippen LogP contribution in [0.3, 0.4) is 0 Å². The van der Waals surface area contributed by atoms with E-state index in [0.29, 0.717) is 6.04 Å². The van der Waals surface area contributed by atoms with Gasteiger partial charge in [0.2, 0.25) is 0 Å². The molecule has 0 amide bonds. The summed E-state index contributed by atoms with van der Waals surface area (Å²) in [5.74, 6) is 0. The van der Waals surface area contributed by atoms with Gasteiger partial charge in [-0.15, -0.1) is 0 Å².